The topological polar surface area (TPSA) is 51.8 Å². The molecule has 0 unspecified atom stereocenters. The Morgan fingerprint density at radius 3 is 2.44 bits per heavy atom. The van der Waals surface area contributed by atoms with Crippen LogP contribution in [-0.4, -0.2) is 10.2 Å². The van der Waals surface area contributed by atoms with Crippen molar-refractivity contribution in [1.82, 2.24) is 10.2 Å². The average Bonchev–Trinajstić information content (AvgIpc) is 2.27. The predicted octanol–water partition coefficient (Wildman–Crippen LogP) is 2.31. The van der Waals surface area contributed by atoms with E-state index in [1.165, 1.54) is 24.3 Å². The molecule has 0 spiro atoms. The lowest BCUT2D eigenvalue weighted by atomic mass is 10.1. The van der Waals surface area contributed by atoms with E-state index in [9.17, 15) is 8.78 Å². The number of rotatable bonds is 1. The van der Waals surface area contributed by atoms with Crippen LogP contribution in [0, 0.1) is 18.6 Å². The van der Waals surface area contributed by atoms with Crippen molar-refractivity contribution in [2.75, 3.05) is 5.73 Å². The number of nitrogen functional groups attached to an aromatic ring is 1. The van der Waals surface area contributed by atoms with Crippen molar-refractivity contribution < 1.29 is 8.78 Å². The van der Waals surface area contributed by atoms with E-state index in [1.54, 1.807) is 6.92 Å². The van der Waals surface area contributed by atoms with Gasteiger partial charge in [-0.15, -0.1) is 10.2 Å². The molecular weight excluding hydrogens is 212 g/mol. The number of aryl methyl sites for hydroxylation is 1. The van der Waals surface area contributed by atoms with Crippen LogP contribution in [0.15, 0.2) is 24.3 Å². The highest BCUT2D eigenvalue weighted by Gasteiger charge is 2.14. The molecule has 0 aliphatic carbocycles. The molecule has 16 heavy (non-hydrogen) atoms. The van der Waals surface area contributed by atoms with Gasteiger partial charge >= 0.3 is 0 Å². The molecule has 2 rings (SSSR count). The van der Waals surface area contributed by atoms with Crippen LogP contribution in [0.1, 0.15) is 5.56 Å². The van der Waals surface area contributed by atoms with E-state index >= 15 is 0 Å². The highest BCUT2D eigenvalue weighted by Crippen LogP contribution is 2.26. The molecule has 0 atom stereocenters. The van der Waals surface area contributed by atoms with Gasteiger partial charge in [-0.05, 0) is 30.7 Å². The second-order valence-electron chi connectivity index (χ2n) is 3.40. The van der Waals surface area contributed by atoms with Gasteiger partial charge in [0.1, 0.15) is 17.5 Å². The van der Waals surface area contributed by atoms with E-state index in [-0.39, 0.29) is 17.1 Å². The number of hydrogen-bond acceptors (Lipinski definition) is 3. The van der Waals surface area contributed by atoms with Gasteiger partial charge in [-0.25, -0.2) is 8.78 Å². The third-order valence-corrected chi connectivity index (χ3v) is 2.23. The smallest absolute Gasteiger partial charge is 0.146 e. The van der Waals surface area contributed by atoms with Crippen LogP contribution in [0.5, 0.6) is 0 Å². The number of nitrogens with zero attached hydrogens (tertiary/aromatic N) is 2. The lowest BCUT2D eigenvalue weighted by Gasteiger charge is -2.05. The van der Waals surface area contributed by atoms with Gasteiger partial charge < -0.3 is 5.73 Å². The van der Waals surface area contributed by atoms with Crippen LogP contribution < -0.4 is 5.73 Å². The molecule has 1 aromatic carbocycles. The molecule has 0 amide bonds. The molecule has 2 aromatic rings. The number of aromatic nitrogens is 2. The Morgan fingerprint density at radius 1 is 1.06 bits per heavy atom. The van der Waals surface area contributed by atoms with Crippen LogP contribution in [0.25, 0.3) is 11.3 Å². The molecule has 0 saturated heterocycles. The fraction of sp³-hybridized carbons (Fsp3) is 0.0909. The van der Waals surface area contributed by atoms with E-state index in [1.807, 2.05) is 0 Å². The summed E-state index contributed by atoms with van der Waals surface area (Å²) in [5, 5.41) is 7.22. The van der Waals surface area contributed by atoms with Gasteiger partial charge in [0.25, 0.3) is 0 Å². The van der Waals surface area contributed by atoms with Gasteiger partial charge in [0.2, 0.25) is 0 Å². The minimum Gasteiger partial charge on any atom is -0.382 e. The third-order valence-electron chi connectivity index (χ3n) is 2.23. The maximum absolute atomic E-state index is 13.7. The zero-order valence-electron chi connectivity index (χ0n) is 8.54. The molecule has 82 valence electrons. The summed E-state index contributed by atoms with van der Waals surface area (Å²) in [4.78, 5) is 0. The maximum Gasteiger partial charge on any atom is 0.146 e. The number of benzene rings is 1. The fourth-order valence-corrected chi connectivity index (χ4v) is 1.37. The van der Waals surface area contributed by atoms with Gasteiger partial charge in [-0.3, -0.25) is 0 Å². The van der Waals surface area contributed by atoms with Crippen LogP contribution >= 0.6 is 0 Å². The molecular formula is C11H9F2N3. The summed E-state index contributed by atoms with van der Waals surface area (Å²) in [7, 11) is 0. The molecule has 0 aliphatic rings. The number of anilines is 1. The van der Waals surface area contributed by atoms with Crippen molar-refractivity contribution in [2.24, 2.45) is 0 Å². The van der Waals surface area contributed by atoms with Crippen molar-refractivity contribution in [3.63, 3.8) is 0 Å². The molecule has 1 heterocycles. The summed E-state index contributed by atoms with van der Waals surface area (Å²) in [6, 6.07) is 5.46. The van der Waals surface area contributed by atoms with E-state index in [2.05, 4.69) is 10.2 Å². The molecule has 2 N–H and O–H groups in total. The van der Waals surface area contributed by atoms with E-state index in [0.29, 0.717) is 5.56 Å². The lowest BCUT2D eigenvalue weighted by Crippen LogP contribution is -1.98. The van der Waals surface area contributed by atoms with Crippen molar-refractivity contribution in [3.05, 3.63) is 41.5 Å². The Balaban J connectivity index is 2.63. The van der Waals surface area contributed by atoms with Crippen LogP contribution in [0.3, 0.4) is 0 Å². The quantitative estimate of drug-likeness (QED) is 0.803. The average molecular weight is 221 g/mol. The first-order valence-electron chi connectivity index (χ1n) is 4.64. The van der Waals surface area contributed by atoms with Gasteiger partial charge in [0.15, 0.2) is 0 Å². The molecule has 0 saturated carbocycles. The van der Waals surface area contributed by atoms with Crippen molar-refractivity contribution in [1.29, 1.82) is 0 Å². The van der Waals surface area contributed by atoms with Crippen LogP contribution in [0.4, 0.5) is 14.6 Å². The Kier molecular flexibility index (Phi) is 2.52. The van der Waals surface area contributed by atoms with Crippen molar-refractivity contribution >= 4 is 5.82 Å². The monoisotopic (exact) mass is 221 g/mol. The number of nitrogens with two attached hydrogens (primary N) is 1. The summed E-state index contributed by atoms with van der Waals surface area (Å²) >= 11 is 0. The summed E-state index contributed by atoms with van der Waals surface area (Å²) in [5.74, 6) is -1.08. The molecule has 0 bridgehead atoms. The highest BCUT2D eigenvalue weighted by atomic mass is 19.1. The molecule has 5 heteroatoms. The minimum atomic E-state index is -0.665. The molecule has 3 nitrogen and oxygen atoms in total. The first-order chi connectivity index (χ1) is 7.59. The summed E-state index contributed by atoms with van der Waals surface area (Å²) in [6.07, 6.45) is 0. The maximum atomic E-state index is 13.7. The largest absolute Gasteiger partial charge is 0.382 e. The minimum absolute atomic E-state index is 0.132. The van der Waals surface area contributed by atoms with Gasteiger partial charge in [-0.2, -0.15) is 0 Å². The Hall–Kier alpha value is -2.04. The lowest BCUT2D eigenvalue weighted by molar-refractivity contribution is 0.582. The van der Waals surface area contributed by atoms with Gasteiger partial charge in [-0.1, -0.05) is 6.07 Å². The van der Waals surface area contributed by atoms with Crippen molar-refractivity contribution in [3.8, 4) is 11.3 Å². The summed E-state index contributed by atoms with van der Waals surface area (Å²) < 4.78 is 27.2. The normalized spacial score (nSPS) is 10.4. The first-order valence-corrected chi connectivity index (χ1v) is 4.64. The zero-order valence-corrected chi connectivity index (χ0v) is 8.54. The van der Waals surface area contributed by atoms with Gasteiger partial charge in [0.05, 0.1) is 11.3 Å². The van der Waals surface area contributed by atoms with E-state index in [4.69, 9.17) is 5.73 Å². The second kappa shape index (κ2) is 3.84. The van der Waals surface area contributed by atoms with E-state index in [0.717, 1.165) is 0 Å². The fourth-order valence-electron chi connectivity index (χ4n) is 1.37. The molecule has 1 aromatic heterocycles. The SMILES string of the molecule is Cc1ccc(F)c(-c2ccc(N)nn2)c1F. The molecule has 0 aliphatic heterocycles. The molecule has 0 radical (unpaired) electrons. The summed E-state index contributed by atoms with van der Waals surface area (Å²) in [6.45, 7) is 1.56. The Bertz CT molecular complexity index is 523. The Labute approximate surface area is 90.9 Å². The third kappa shape index (κ3) is 1.71. The number of hydrogen-bond donors (Lipinski definition) is 1. The summed E-state index contributed by atoms with van der Waals surface area (Å²) in [5.41, 5.74) is 5.66. The second-order valence-corrected chi connectivity index (χ2v) is 3.40. The first kappa shape index (κ1) is 10.5. The van der Waals surface area contributed by atoms with Gasteiger partial charge in [0, 0.05) is 0 Å². The molecule has 0 fully saturated rings. The predicted molar refractivity (Wildman–Crippen MR) is 56.5 cm³/mol. The highest BCUT2D eigenvalue weighted by molar-refractivity contribution is 5.62. The van der Waals surface area contributed by atoms with Crippen molar-refractivity contribution in [2.45, 2.75) is 6.92 Å². The van der Waals surface area contributed by atoms with E-state index < -0.39 is 11.6 Å². The van der Waals surface area contributed by atoms with Crippen LogP contribution in [-0.2, 0) is 0 Å². The Morgan fingerprint density at radius 2 is 1.81 bits per heavy atom. The standard InChI is InChI=1S/C11H9F2N3/c1-6-2-3-7(12)10(11(6)13)8-4-5-9(14)16-15-8/h2-5H,1H3,(H2,14,16). The number of halogens is 2. The zero-order chi connectivity index (χ0) is 11.7. The van der Waals surface area contributed by atoms with Crippen LogP contribution in [0.2, 0.25) is 0 Å².